The molecular formula is C61H118O6. The van der Waals surface area contributed by atoms with Gasteiger partial charge in [0.2, 0.25) is 0 Å². The topological polar surface area (TPSA) is 78.9 Å². The van der Waals surface area contributed by atoms with Gasteiger partial charge in [0, 0.05) is 19.3 Å². The van der Waals surface area contributed by atoms with Crippen molar-refractivity contribution in [3.63, 3.8) is 0 Å². The van der Waals surface area contributed by atoms with E-state index in [0.29, 0.717) is 19.3 Å². The first-order valence-electron chi connectivity index (χ1n) is 30.2. The van der Waals surface area contributed by atoms with Crippen LogP contribution in [0, 0.1) is 11.8 Å². The van der Waals surface area contributed by atoms with Crippen molar-refractivity contribution in [3.05, 3.63) is 0 Å². The molecule has 0 aromatic rings. The van der Waals surface area contributed by atoms with E-state index in [0.717, 1.165) is 69.6 Å². The van der Waals surface area contributed by atoms with E-state index in [-0.39, 0.29) is 31.1 Å². The number of esters is 3. The molecule has 0 spiro atoms. The van der Waals surface area contributed by atoms with Crippen LogP contribution in [0.1, 0.15) is 343 Å². The Balaban J connectivity index is 4.29. The van der Waals surface area contributed by atoms with Crippen molar-refractivity contribution in [2.45, 2.75) is 349 Å². The lowest BCUT2D eigenvalue weighted by Gasteiger charge is -2.18. The van der Waals surface area contributed by atoms with Gasteiger partial charge in [0.05, 0.1) is 0 Å². The SMILES string of the molecule is CCCCCCCCCCCCCCCCCCC(=O)OC[C@@H](COC(=O)CCCCCCCCCCCCCC(C)C)OC(=O)CCCCCCCCCCCCCCCCCCC(C)C. The van der Waals surface area contributed by atoms with E-state index in [9.17, 15) is 14.4 Å². The average Bonchev–Trinajstić information content (AvgIpc) is 3.30. The molecule has 0 aliphatic heterocycles. The Labute approximate surface area is 418 Å². The summed E-state index contributed by atoms with van der Waals surface area (Å²) in [7, 11) is 0. The highest BCUT2D eigenvalue weighted by Crippen LogP contribution is 2.18. The van der Waals surface area contributed by atoms with Crippen molar-refractivity contribution < 1.29 is 28.6 Å². The number of carbonyl (C=O) groups is 3. The summed E-state index contributed by atoms with van der Waals surface area (Å²) in [5.74, 6) is 0.843. The first-order chi connectivity index (χ1) is 32.7. The monoisotopic (exact) mass is 947 g/mol. The molecule has 0 bridgehead atoms. The van der Waals surface area contributed by atoms with Crippen LogP contribution in [-0.2, 0) is 28.6 Å². The largest absolute Gasteiger partial charge is 0.462 e. The first kappa shape index (κ1) is 65.4. The number of rotatable bonds is 55. The minimum absolute atomic E-state index is 0.0623. The molecule has 0 aromatic carbocycles. The Bertz CT molecular complexity index is 1020. The van der Waals surface area contributed by atoms with Gasteiger partial charge in [0.25, 0.3) is 0 Å². The van der Waals surface area contributed by atoms with E-state index in [4.69, 9.17) is 14.2 Å². The molecule has 0 fully saturated rings. The molecule has 0 saturated heterocycles. The first-order valence-corrected chi connectivity index (χ1v) is 30.2. The van der Waals surface area contributed by atoms with Gasteiger partial charge >= 0.3 is 17.9 Å². The summed E-state index contributed by atoms with van der Waals surface area (Å²) in [6.07, 6.45) is 58.1. The Kier molecular flexibility index (Phi) is 52.5. The van der Waals surface area contributed by atoms with Gasteiger partial charge in [-0.1, -0.05) is 304 Å². The van der Waals surface area contributed by atoms with Crippen LogP contribution in [0.25, 0.3) is 0 Å². The van der Waals surface area contributed by atoms with Gasteiger partial charge in [-0.2, -0.15) is 0 Å². The van der Waals surface area contributed by atoms with Crippen LogP contribution in [0.4, 0.5) is 0 Å². The van der Waals surface area contributed by atoms with E-state index < -0.39 is 6.10 Å². The maximum atomic E-state index is 12.9. The molecular weight excluding hydrogens is 829 g/mol. The van der Waals surface area contributed by atoms with Gasteiger partial charge in [-0.05, 0) is 31.1 Å². The highest BCUT2D eigenvalue weighted by atomic mass is 16.6. The third-order valence-electron chi connectivity index (χ3n) is 14.0. The second kappa shape index (κ2) is 53.8. The van der Waals surface area contributed by atoms with Crippen LogP contribution in [0.15, 0.2) is 0 Å². The maximum absolute atomic E-state index is 12.9. The summed E-state index contributed by atoms with van der Waals surface area (Å²) in [6.45, 7) is 11.4. The molecule has 0 amide bonds. The Morgan fingerprint density at radius 3 is 0.731 bits per heavy atom. The van der Waals surface area contributed by atoms with Crippen LogP contribution in [0.2, 0.25) is 0 Å². The van der Waals surface area contributed by atoms with Crippen LogP contribution in [-0.4, -0.2) is 37.2 Å². The van der Waals surface area contributed by atoms with Crippen molar-refractivity contribution in [2.24, 2.45) is 11.8 Å². The number of carbonyl (C=O) groups excluding carboxylic acids is 3. The molecule has 0 N–H and O–H groups in total. The third-order valence-corrected chi connectivity index (χ3v) is 14.0. The predicted octanol–water partition coefficient (Wildman–Crippen LogP) is 20.0. The molecule has 0 heterocycles. The molecule has 1 atom stereocenters. The molecule has 6 nitrogen and oxygen atoms in total. The van der Waals surface area contributed by atoms with Gasteiger partial charge < -0.3 is 14.2 Å². The molecule has 67 heavy (non-hydrogen) atoms. The third kappa shape index (κ3) is 55.2. The summed E-state index contributed by atoms with van der Waals surface area (Å²) in [4.78, 5) is 38.2. The Morgan fingerprint density at radius 1 is 0.284 bits per heavy atom. The zero-order valence-corrected chi connectivity index (χ0v) is 46.0. The van der Waals surface area contributed by atoms with E-state index in [1.807, 2.05) is 0 Å². The fourth-order valence-corrected chi connectivity index (χ4v) is 9.40. The average molecular weight is 948 g/mol. The van der Waals surface area contributed by atoms with Gasteiger partial charge in [0.1, 0.15) is 13.2 Å². The van der Waals surface area contributed by atoms with Gasteiger partial charge in [0.15, 0.2) is 6.10 Å². The Hall–Kier alpha value is -1.59. The normalized spacial score (nSPS) is 12.0. The highest BCUT2D eigenvalue weighted by Gasteiger charge is 2.19. The van der Waals surface area contributed by atoms with Crippen molar-refractivity contribution in [2.75, 3.05) is 13.2 Å². The van der Waals surface area contributed by atoms with Crippen molar-refractivity contribution >= 4 is 17.9 Å². The van der Waals surface area contributed by atoms with Gasteiger partial charge in [-0.25, -0.2) is 0 Å². The Morgan fingerprint density at radius 2 is 0.493 bits per heavy atom. The van der Waals surface area contributed by atoms with E-state index in [1.165, 1.54) is 231 Å². The fourth-order valence-electron chi connectivity index (χ4n) is 9.40. The lowest BCUT2D eigenvalue weighted by Crippen LogP contribution is -2.30. The fraction of sp³-hybridized carbons (Fsp3) is 0.951. The number of hydrogen-bond donors (Lipinski definition) is 0. The van der Waals surface area contributed by atoms with E-state index >= 15 is 0 Å². The van der Waals surface area contributed by atoms with Gasteiger partial charge in [-0.15, -0.1) is 0 Å². The number of ether oxygens (including phenoxy) is 3. The molecule has 0 aromatic heterocycles. The molecule has 0 aliphatic carbocycles. The summed E-state index contributed by atoms with van der Waals surface area (Å²) in [5.41, 5.74) is 0. The zero-order valence-electron chi connectivity index (χ0n) is 46.0. The van der Waals surface area contributed by atoms with Gasteiger partial charge in [-0.3, -0.25) is 14.4 Å². The molecule has 6 heteroatoms. The molecule has 398 valence electrons. The second-order valence-electron chi connectivity index (χ2n) is 21.9. The molecule has 0 radical (unpaired) electrons. The minimum atomic E-state index is -0.763. The van der Waals surface area contributed by atoms with Crippen LogP contribution in [0.5, 0.6) is 0 Å². The lowest BCUT2D eigenvalue weighted by molar-refractivity contribution is -0.167. The lowest BCUT2D eigenvalue weighted by atomic mass is 10.0. The van der Waals surface area contributed by atoms with Crippen molar-refractivity contribution in [3.8, 4) is 0 Å². The quantitative estimate of drug-likeness (QED) is 0.0343. The van der Waals surface area contributed by atoms with E-state index in [2.05, 4.69) is 34.6 Å². The maximum Gasteiger partial charge on any atom is 0.306 e. The predicted molar refractivity (Wildman–Crippen MR) is 289 cm³/mol. The zero-order chi connectivity index (χ0) is 48.9. The van der Waals surface area contributed by atoms with Crippen LogP contribution >= 0.6 is 0 Å². The van der Waals surface area contributed by atoms with Crippen LogP contribution < -0.4 is 0 Å². The van der Waals surface area contributed by atoms with E-state index in [1.54, 1.807) is 0 Å². The molecule has 0 rings (SSSR count). The van der Waals surface area contributed by atoms with Crippen molar-refractivity contribution in [1.29, 1.82) is 0 Å². The summed E-state index contributed by atoms with van der Waals surface area (Å²) in [6, 6.07) is 0. The molecule has 0 aliphatic rings. The minimum Gasteiger partial charge on any atom is -0.462 e. The van der Waals surface area contributed by atoms with Crippen LogP contribution in [0.3, 0.4) is 0 Å². The van der Waals surface area contributed by atoms with Crippen molar-refractivity contribution in [1.82, 2.24) is 0 Å². The highest BCUT2D eigenvalue weighted by molar-refractivity contribution is 5.71. The standard InChI is InChI=1S/C61H118O6/c1-6-7-8-9-10-11-12-13-14-18-21-26-31-36-41-46-51-59(62)65-54-58(55-66-60(63)52-47-42-37-32-28-23-25-30-35-40-45-50-57(4)5)67-61(64)53-48-43-38-33-27-22-19-16-15-17-20-24-29-34-39-44-49-56(2)3/h56-58H,6-55H2,1-5H3/t58-/m0/s1. The number of hydrogen-bond acceptors (Lipinski definition) is 6. The summed E-state index contributed by atoms with van der Waals surface area (Å²) >= 11 is 0. The summed E-state index contributed by atoms with van der Waals surface area (Å²) < 4.78 is 16.9. The molecule has 0 saturated carbocycles. The number of unbranched alkanes of at least 4 members (excludes halogenated alkanes) is 40. The summed E-state index contributed by atoms with van der Waals surface area (Å²) in [5, 5.41) is 0. The second-order valence-corrected chi connectivity index (χ2v) is 21.9. The molecule has 0 unspecified atom stereocenters. The smallest absolute Gasteiger partial charge is 0.306 e.